The van der Waals surface area contributed by atoms with Gasteiger partial charge >= 0.3 is 0 Å². The highest BCUT2D eigenvalue weighted by molar-refractivity contribution is 7.89. The molecule has 0 unspecified atom stereocenters. The molecule has 2 aromatic carbocycles. The zero-order chi connectivity index (χ0) is 23.0. The molecule has 0 aromatic heterocycles. The summed E-state index contributed by atoms with van der Waals surface area (Å²) in [5.41, 5.74) is 3.31. The number of sulfonamides is 1. The topological polar surface area (TPSA) is 117 Å². The van der Waals surface area contributed by atoms with E-state index in [-0.39, 0.29) is 17.0 Å². The average molecular weight is 459 g/mol. The first kappa shape index (κ1) is 23.4. The number of para-hydroxylation sites is 1. The van der Waals surface area contributed by atoms with Crippen molar-refractivity contribution in [3.05, 3.63) is 59.7 Å². The molecule has 0 saturated carbocycles. The molecule has 0 spiro atoms. The van der Waals surface area contributed by atoms with Gasteiger partial charge in [0, 0.05) is 24.2 Å². The number of hydrazone groups is 1. The lowest BCUT2D eigenvalue weighted by Gasteiger charge is -2.15. The number of nitrogens with one attached hydrogen (secondary N) is 2. The summed E-state index contributed by atoms with van der Waals surface area (Å²) in [5, 5.41) is 6.37. The van der Waals surface area contributed by atoms with Gasteiger partial charge in [0.2, 0.25) is 10.0 Å². The smallest absolute Gasteiger partial charge is 0.259 e. The highest BCUT2D eigenvalue weighted by Crippen LogP contribution is 2.21. The maximum atomic E-state index is 12.5. The van der Waals surface area contributed by atoms with E-state index >= 15 is 0 Å². The van der Waals surface area contributed by atoms with Gasteiger partial charge in [-0.05, 0) is 56.2 Å². The molecule has 0 aliphatic carbocycles. The van der Waals surface area contributed by atoms with Gasteiger partial charge in [0.25, 0.3) is 11.8 Å². The van der Waals surface area contributed by atoms with Crippen LogP contribution in [0.4, 0.5) is 0 Å². The van der Waals surface area contributed by atoms with Crippen LogP contribution in [-0.2, 0) is 14.8 Å². The van der Waals surface area contributed by atoms with Gasteiger partial charge in [-0.3, -0.25) is 9.59 Å². The van der Waals surface area contributed by atoms with Crippen LogP contribution < -0.4 is 15.5 Å². The summed E-state index contributed by atoms with van der Waals surface area (Å²) in [7, 11) is -3.53. The number of benzene rings is 2. The maximum absolute atomic E-state index is 12.5. The van der Waals surface area contributed by atoms with Crippen LogP contribution in [-0.4, -0.2) is 57.0 Å². The van der Waals surface area contributed by atoms with Crippen molar-refractivity contribution in [3.8, 4) is 5.75 Å². The minimum absolute atomic E-state index is 0.148. The molecule has 10 heteroatoms. The normalized spacial score (nSPS) is 14.4. The van der Waals surface area contributed by atoms with Gasteiger partial charge in [-0.2, -0.15) is 9.41 Å². The number of amides is 2. The fourth-order valence-corrected chi connectivity index (χ4v) is 4.72. The highest BCUT2D eigenvalue weighted by Gasteiger charge is 2.27. The molecule has 1 aliphatic heterocycles. The summed E-state index contributed by atoms with van der Waals surface area (Å²) in [6.45, 7) is 3.13. The van der Waals surface area contributed by atoms with E-state index in [1.54, 1.807) is 12.1 Å². The minimum atomic E-state index is -3.53. The van der Waals surface area contributed by atoms with Crippen LogP contribution in [0.25, 0.3) is 0 Å². The summed E-state index contributed by atoms with van der Waals surface area (Å²) < 4.78 is 32.0. The Morgan fingerprint density at radius 2 is 1.78 bits per heavy atom. The zero-order valence-corrected chi connectivity index (χ0v) is 18.6. The van der Waals surface area contributed by atoms with Crippen molar-refractivity contribution in [3.63, 3.8) is 0 Å². The lowest BCUT2D eigenvalue weighted by atomic mass is 10.2. The maximum Gasteiger partial charge on any atom is 0.259 e. The quantitative estimate of drug-likeness (QED) is 0.439. The Bertz CT molecular complexity index is 1080. The second kappa shape index (κ2) is 10.9. The molecular formula is C22H26N4O5S. The number of rotatable bonds is 9. The van der Waals surface area contributed by atoms with E-state index in [0.29, 0.717) is 31.0 Å². The molecule has 9 nitrogen and oxygen atoms in total. The molecule has 1 aliphatic rings. The molecule has 1 fully saturated rings. The van der Waals surface area contributed by atoms with E-state index in [0.717, 1.165) is 12.8 Å². The zero-order valence-electron chi connectivity index (χ0n) is 17.8. The van der Waals surface area contributed by atoms with E-state index in [4.69, 9.17) is 4.74 Å². The average Bonchev–Trinajstić information content (AvgIpc) is 3.35. The monoisotopic (exact) mass is 458 g/mol. The van der Waals surface area contributed by atoms with Gasteiger partial charge < -0.3 is 10.1 Å². The van der Waals surface area contributed by atoms with E-state index in [1.807, 2.05) is 19.1 Å². The van der Waals surface area contributed by atoms with Crippen molar-refractivity contribution in [1.82, 2.24) is 15.0 Å². The van der Waals surface area contributed by atoms with Gasteiger partial charge in [0.1, 0.15) is 5.75 Å². The Morgan fingerprint density at radius 3 is 2.47 bits per heavy atom. The van der Waals surface area contributed by atoms with Crippen LogP contribution in [0.15, 0.2) is 58.5 Å². The molecule has 32 heavy (non-hydrogen) atoms. The summed E-state index contributed by atoms with van der Waals surface area (Å²) in [4.78, 5) is 24.4. The predicted octanol–water partition coefficient (Wildman–Crippen LogP) is 1.75. The molecule has 2 amide bonds. The van der Waals surface area contributed by atoms with E-state index in [1.165, 1.54) is 34.8 Å². The van der Waals surface area contributed by atoms with Crippen LogP contribution in [0.3, 0.4) is 0 Å². The Balaban J connectivity index is 1.50. The number of hydrogen-bond acceptors (Lipinski definition) is 6. The fraction of sp³-hybridized carbons (Fsp3) is 0.318. The first-order valence-electron chi connectivity index (χ1n) is 10.3. The number of ether oxygens (including phenoxy) is 1. The lowest BCUT2D eigenvalue weighted by Crippen LogP contribution is -2.35. The Morgan fingerprint density at radius 1 is 1.09 bits per heavy atom. The second-order valence-electron chi connectivity index (χ2n) is 7.08. The first-order valence-corrected chi connectivity index (χ1v) is 11.8. The van der Waals surface area contributed by atoms with Crippen LogP contribution in [0, 0.1) is 0 Å². The number of nitrogens with zero attached hydrogens (tertiary/aromatic N) is 2. The number of carbonyl (C=O) groups excluding carboxylic acids is 2. The SMILES string of the molecule is CCOc1ccccc1C=NNC(=O)CNC(=O)c1ccc(S(=O)(=O)N2CCCC2)cc1. The van der Waals surface area contributed by atoms with Gasteiger partial charge in [0.05, 0.1) is 24.3 Å². The Labute approximate surface area is 187 Å². The Hall–Kier alpha value is -3.24. The number of hydrogen-bond donors (Lipinski definition) is 2. The van der Waals surface area contributed by atoms with Crippen LogP contribution in [0.5, 0.6) is 5.75 Å². The van der Waals surface area contributed by atoms with Crippen LogP contribution in [0.1, 0.15) is 35.7 Å². The largest absolute Gasteiger partial charge is 0.493 e. The third-order valence-electron chi connectivity index (χ3n) is 4.84. The highest BCUT2D eigenvalue weighted by atomic mass is 32.2. The summed E-state index contributed by atoms with van der Waals surface area (Å²) in [6, 6.07) is 12.9. The van der Waals surface area contributed by atoms with Crippen LogP contribution in [0.2, 0.25) is 0 Å². The van der Waals surface area contributed by atoms with E-state index in [9.17, 15) is 18.0 Å². The lowest BCUT2D eigenvalue weighted by molar-refractivity contribution is -0.120. The van der Waals surface area contributed by atoms with Gasteiger partial charge in [-0.15, -0.1) is 0 Å². The molecular weight excluding hydrogens is 432 g/mol. The van der Waals surface area contributed by atoms with Crippen molar-refractivity contribution in [1.29, 1.82) is 0 Å². The number of carbonyl (C=O) groups is 2. The predicted molar refractivity (Wildman–Crippen MR) is 120 cm³/mol. The molecule has 1 saturated heterocycles. The molecule has 3 rings (SSSR count). The van der Waals surface area contributed by atoms with Gasteiger partial charge in [-0.1, -0.05) is 12.1 Å². The van der Waals surface area contributed by atoms with Gasteiger partial charge in [0.15, 0.2) is 0 Å². The standard InChI is InChI=1S/C22H26N4O5S/c1-2-31-20-8-4-3-7-18(20)15-24-25-21(27)16-23-22(28)17-9-11-19(12-10-17)32(29,30)26-13-5-6-14-26/h3-4,7-12,15H,2,5-6,13-14,16H2,1H3,(H,23,28)(H,25,27). The van der Waals surface area contributed by atoms with Crippen LogP contribution >= 0.6 is 0 Å². The minimum Gasteiger partial charge on any atom is -0.493 e. The third-order valence-corrected chi connectivity index (χ3v) is 6.75. The molecule has 0 atom stereocenters. The van der Waals surface area contributed by atoms with Crippen molar-refractivity contribution in [2.75, 3.05) is 26.2 Å². The molecule has 0 bridgehead atoms. The summed E-state index contributed by atoms with van der Waals surface area (Å²) in [6.07, 6.45) is 3.17. The fourth-order valence-electron chi connectivity index (χ4n) is 3.21. The second-order valence-corrected chi connectivity index (χ2v) is 9.02. The molecule has 1 heterocycles. The van der Waals surface area contributed by atoms with E-state index < -0.39 is 21.8 Å². The molecule has 0 radical (unpaired) electrons. The first-order chi connectivity index (χ1) is 15.4. The van der Waals surface area contributed by atoms with Crippen molar-refractivity contribution in [2.24, 2.45) is 5.10 Å². The van der Waals surface area contributed by atoms with Gasteiger partial charge in [-0.25, -0.2) is 13.8 Å². The van der Waals surface area contributed by atoms with Crippen molar-refractivity contribution >= 4 is 28.1 Å². The summed E-state index contributed by atoms with van der Waals surface area (Å²) in [5.74, 6) is -0.343. The third kappa shape index (κ3) is 5.92. The molecule has 2 aromatic rings. The Kier molecular flexibility index (Phi) is 7.96. The van der Waals surface area contributed by atoms with Crippen molar-refractivity contribution < 1.29 is 22.7 Å². The summed E-state index contributed by atoms with van der Waals surface area (Å²) >= 11 is 0. The van der Waals surface area contributed by atoms with Crippen molar-refractivity contribution in [2.45, 2.75) is 24.7 Å². The molecule has 2 N–H and O–H groups in total. The molecule has 170 valence electrons. The van der Waals surface area contributed by atoms with E-state index in [2.05, 4.69) is 15.8 Å².